The Labute approximate surface area is 117 Å². The number of hydrogen-bond acceptors (Lipinski definition) is 5. The zero-order valence-electron chi connectivity index (χ0n) is 12.3. The van der Waals surface area contributed by atoms with Gasteiger partial charge in [-0.3, -0.25) is 10.00 Å². The topological polar surface area (TPSA) is 82.5 Å². The van der Waals surface area contributed by atoms with Crippen LogP contribution in [0.2, 0.25) is 0 Å². The smallest absolute Gasteiger partial charge is 0.412 e. The van der Waals surface area contributed by atoms with Crippen LogP contribution in [-0.2, 0) is 21.3 Å². The summed E-state index contributed by atoms with van der Waals surface area (Å²) in [6.07, 6.45) is 3.99. The molecule has 0 aliphatic heterocycles. The summed E-state index contributed by atoms with van der Waals surface area (Å²) in [5.41, 5.74) is -0.0155. The molecule has 7 nitrogen and oxygen atoms in total. The van der Waals surface area contributed by atoms with Crippen LogP contribution in [0.4, 0.5) is 4.79 Å². The number of aryl methyl sites for hydroxylation is 1. The lowest BCUT2D eigenvalue weighted by atomic mass is 10.2. The molecule has 0 atom stereocenters. The van der Waals surface area contributed by atoms with Crippen LogP contribution >= 0.6 is 0 Å². The lowest BCUT2D eigenvalue weighted by Gasteiger charge is -2.20. The number of rotatable bonds is 3. The maximum atomic E-state index is 11.7. The normalized spacial score (nSPS) is 11.9. The predicted octanol–water partition coefficient (Wildman–Crippen LogP) is 1.46. The number of nitrogens with zero attached hydrogens (tertiary/aromatic N) is 2. The largest absolute Gasteiger partial charge is 0.464 e. The van der Waals surface area contributed by atoms with Gasteiger partial charge in [-0.15, -0.1) is 0 Å². The minimum absolute atomic E-state index is 0.0187. The second-order valence-corrected chi connectivity index (χ2v) is 5.12. The summed E-state index contributed by atoms with van der Waals surface area (Å²) in [7, 11) is 2.98. The van der Waals surface area contributed by atoms with Gasteiger partial charge in [0.05, 0.1) is 13.3 Å². The Bertz CT molecular complexity index is 526. The third kappa shape index (κ3) is 5.13. The van der Waals surface area contributed by atoms with Gasteiger partial charge in [0.15, 0.2) is 0 Å². The number of ether oxygens (including phenoxy) is 2. The van der Waals surface area contributed by atoms with Crippen LogP contribution < -0.4 is 5.32 Å². The molecule has 1 aromatic rings. The zero-order chi connectivity index (χ0) is 15.3. The molecule has 0 aliphatic rings. The van der Waals surface area contributed by atoms with Crippen molar-refractivity contribution in [3.05, 3.63) is 23.7 Å². The SMILES string of the molecule is COC(=O)/C(=C/c1cnn(C)c1)NC(=O)OC(C)(C)C. The highest BCUT2D eigenvalue weighted by Gasteiger charge is 2.20. The first-order valence-corrected chi connectivity index (χ1v) is 6.00. The summed E-state index contributed by atoms with van der Waals surface area (Å²) in [5, 5.41) is 6.34. The average Bonchev–Trinajstić information content (AvgIpc) is 2.70. The maximum Gasteiger partial charge on any atom is 0.412 e. The molecule has 0 spiro atoms. The van der Waals surface area contributed by atoms with Gasteiger partial charge in [0.1, 0.15) is 11.3 Å². The number of esters is 1. The number of carbonyl (C=O) groups is 2. The fraction of sp³-hybridized carbons (Fsp3) is 0.462. The summed E-state index contributed by atoms with van der Waals surface area (Å²) < 4.78 is 11.3. The van der Waals surface area contributed by atoms with Gasteiger partial charge in [0.2, 0.25) is 0 Å². The van der Waals surface area contributed by atoms with E-state index in [1.54, 1.807) is 44.9 Å². The zero-order valence-corrected chi connectivity index (χ0v) is 12.3. The number of amides is 1. The average molecular weight is 281 g/mol. The highest BCUT2D eigenvalue weighted by molar-refractivity contribution is 5.96. The summed E-state index contributed by atoms with van der Waals surface area (Å²) in [6.45, 7) is 5.19. The molecule has 20 heavy (non-hydrogen) atoms. The molecule has 1 heterocycles. The molecule has 0 fully saturated rings. The quantitative estimate of drug-likeness (QED) is 0.670. The first-order valence-electron chi connectivity index (χ1n) is 6.00. The van der Waals surface area contributed by atoms with Crippen molar-refractivity contribution in [2.24, 2.45) is 7.05 Å². The van der Waals surface area contributed by atoms with E-state index in [0.717, 1.165) is 0 Å². The van der Waals surface area contributed by atoms with Gasteiger partial charge < -0.3 is 9.47 Å². The monoisotopic (exact) mass is 281 g/mol. The van der Waals surface area contributed by atoms with Crippen molar-refractivity contribution in [3.8, 4) is 0 Å². The Kier molecular flexibility index (Phi) is 4.90. The fourth-order valence-corrected chi connectivity index (χ4v) is 1.35. The molecule has 0 saturated carbocycles. The van der Waals surface area contributed by atoms with Crippen molar-refractivity contribution in [1.82, 2.24) is 15.1 Å². The second-order valence-electron chi connectivity index (χ2n) is 5.12. The van der Waals surface area contributed by atoms with E-state index in [1.807, 2.05) is 0 Å². The standard InChI is InChI=1S/C13H19N3O4/c1-13(2,3)20-12(18)15-10(11(17)19-5)6-9-7-14-16(4)8-9/h6-8H,1-5H3,(H,15,18)/b10-6-. The molecule has 110 valence electrons. The molecule has 1 rings (SSSR count). The van der Waals surface area contributed by atoms with E-state index in [2.05, 4.69) is 15.2 Å². The van der Waals surface area contributed by atoms with Crippen molar-refractivity contribution >= 4 is 18.1 Å². The van der Waals surface area contributed by atoms with E-state index in [-0.39, 0.29) is 5.70 Å². The summed E-state index contributed by atoms with van der Waals surface area (Å²) in [6, 6.07) is 0. The minimum Gasteiger partial charge on any atom is -0.464 e. The number of nitrogens with one attached hydrogen (secondary N) is 1. The molecule has 7 heteroatoms. The molecule has 0 bridgehead atoms. The van der Waals surface area contributed by atoms with Crippen molar-refractivity contribution < 1.29 is 19.1 Å². The molecular formula is C13H19N3O4. The first kappa shape index (κ1) is 15.7. The van der Waals surface area contributed by atoms with E-state index in [9.17, 15) is 9.59 Å². The molecule has 0 aromatic carbocycles. The van der Waals surface area contributed by atoms with E-state index < -0.39 is 17.7 Å². The maximum absolute atomic E-state index is 11.7. The second kappa shape index (κ2) is 6.23. The van der Waals surface area contributed by atoms with Crippen LogP contribution in [0, 0.1) is 0 Å². The Morgan fingerprint density at radius 3 is 2.50 bits per heavy atom. The molecular weight excluding hydrogens is 262 g/mol. The van der Waals surface area contributed by atoms with Crippen LogP contribution in [-0.4, -0.2) is 34.6 Å². The van der Waals surface area contributed by atoms with Gasteiger partial charge in [-0.2, -0.15) is 5.10 Å². The number of carbonyl (C=O) groups excluding carboxylic acids is 2. The highest BCUT2D eigenvalue weighted by atomic mass is 16.6. The minimum atomic E-state index is -0.724. The molecule has 1 aromatic heterocycles. The van der Waals surface area contributed by atoms with Crippen LogP contribution in [0.15, 0.2) is 18.1 Å². The number of aromatic nitrogens is 2. The van der Waals surface area contributed by atoms with Crippen molar-refractivity contribution in [2.45, 2.75) is 26.4 Å². The lowest BCUT2D eigenvalue weighted by Crippen LogP contribution is -2.34. The van der Waals surface area contributed by atoms with Gasteiger partial charge in [0.25, 0.3) is 0 Å². The molecule has 1 N–H and O–H groups in total. The highest BCUT2D eigenvalue weighted by Crippen LogP contribution is 2.09. The molecule has 0 radical (unpaired) electrons. The van der Waals surface area contributed by atoms with E-state index in [4.69, 9.17) is 4.74 Å². The summed E-state index contributed by atoms with van der Waals surface area (Å²) in [4.78, 5) is 23.3. The van der Waals surface area contributed by atoms with Gasteiger partial charge in [-0.25, -0.2) is 9.59 Å². The number of alkyl carbamates (subject to hydrolysis) is 1. The molecule has 1 amide bonds. The van der Waals surface area contributed by atoms with Crippen molar-refractivity contribution in [3.63, 3.8) is 0 Å². The Morgan fingerprint density at radius 2 is 2.05 bits per heavy atom. The van der Waals surface area contributed by atoms with Crippen LogP contribution in [0.5, 0.6) is 0 Å². The van der Waals surface area contributed by atoms with E-state index in [1.165, 1.54) is 13.2 Å². The third-order valence-electron chi connectivity index (χ3n) is 2.08. The Morgan fingerprint density at radius 1 is 1.40 bits per heavy atom. The summed E-state index contributed by atoms with van der Waals surface area (Å²) >= 11 is 0. The Hall–Kier alpha value is -2.31. The van der Waals surface area contributed by atoms with E-state index >= 15 is 0 Å². The number of methoxy groups -OCH3 is 1. The van der Waals surface area contributed by atoms with Crippen LogP contribution in [0.3, 0.4) is 0 Å². The Balaban J connectivity index is 2.88. The fourth-order valence-electron chi connectivity index (χ4n) is 1.35. The molecule has 0 unspecified atom stereocenters. The molecule has 0 aliphatic carbocycles. The van der Waals surface area contributed by atoms with Crippen molar-refractivity contribution in [1.29, 1.82) is 0 Å². The van der Waals surface area contributed by atoms with Crippen LogP contribution in [0.1, 0.15) is 26.3 Å². The third-order valence-corrected chi connectivity index (χ3v) is 2.08. The van der Waals surface area contributed by atoms with Gasteiger partial charge in [-0.1, -0.05) is 0 Å². The van der Waals surface area contributed by atoms with Gasteiger partial charge >= 0.3 is 12.1 Å². The van der Waals surface area contributed by atoms with E-state index in [0.29, 0.717) is 5.56 Å². The van der Waals surface area contributed by atoms with Gasteiger partial charge in [-0.05, 0) is 26.8 Å². The lowest BCUT2D eigenvalue weighted by molar-refractivity contribution is -0.136. The predicted molar refractivity (Wildman–Crippen MR) is 72.6 cm³/mol. The van der Waals surface area contributed by atoms with Crippen molar-refractivity contribution in [2.75, 3.05) is 7.11 Å². The first-order chi connectivity index (χ1) is 9.21. The number of hydrogen-bond donors (Lipinski definition) is 1. The van der Waals surface area contributed by atoms with Crippen LogP contribution in [0.25, 0.3) is 6.08 Å². The van der Waals surface area contributed by atoms with Gasteiger partial charge in [0, 0.05) is 18.8 Å². The summed E-state index contributed by atoms with van der Waals surface area (Å²) in [5.74, 6) is -0.667. The molecule has 0 saturated heterocycles.